The van der Waals surface area contributed by atoms with Crippen molar-refractivity contribution in [2.75, 3.05) is 26.4 Å². The van der Waals surface area contributed by atoms with Crippen LogP contribution in [0.25, 0.3) is 0 Å². The van der Waals surface area contributed by atoms with Crippen molar-refractivity contribution in [3.8, 4) is 0 Å². The van der Waals surface area contributed by atoms with E-state index in [1.165, 1.54) is 0 Å². The van der Waals surface area contributed by atoms with Crippen LogP contribution < -0.4 is 0 Å². The average Bonchev–Trinajstić information content (AvgIpc) is 3.16. The van der Waals surface area contributed by atoms with Crippen LogP contribution in [0.15, 0.2) is 11.6 Å². The highest BCUT2D eigenvalue weighted by Crippen LogP contribution is 2.75. The Labute approximate surface area is 331 Å². The summed E-state index contributed by atoms with van der Waals surface area (Å²) in [5, 5.41) is 106. The van der Waals surface area contributed by atoms with Crippen LogP contribution in [0, 0.1) is 44.8 Å². The molecule has 324 valence electrons. The van der Waals surface area contributed by atoms with E-state index < -0.39 is 97.7 Å². The van der Waals surface area contributed by atoms with E-state index in [0.717, 1.165) is 50.5 Å². The molecular weight excluding hydrogens is 728 g/mol. The standard InChI is InChI=1S/C42H72O14/c1-22(18-43)8-7-13-42(21-46)17-16-40(5)23(35(42)52)9-10-27-39(4)14-12-28(38(2,3)26(39)11-15-41(27,40)6)55-37-34(32(50)30(48)25(20-45)54-37)56-36-33(51)31(49)29(47)24(19-44)53-36/h8,23-37,43-52H,7,9-21H2,1-6H3/b22-8-/t23-,24-,25-,26+,27-,28+,29+,30-,31+,32+,33-,34-,35-,36+,37+,39+,40-,41-,42-/m1/s1. The molecule has 0 unspecified atom stereocenters. The van der Waals surface area contributed by atoms with Crippen molar-refractivity contribution >= 4 is 0 Å². The van der Waals surface area contributed by atoms with Crippen LogP contribution in [0.3, 0.4) is 0 Å². The van der Waals surface area contributed by atoms with Gasteiger partial charge in [-0.2, -0.15) is 0 Å². The third kappa shape index (κ3) is 7.16. The normalized spacial score (nSPS) is 52.1. The Morgan fingerprint density at radius 1 is 0.661 bits per heavy atom. The molecule has 56 heavy (non-hydrogen) atoms. The van der Waals surface area contributed by atoms with E-state index in [2.05, 4.69) is 34.6 Å². The van der Waals surface area contributed by atoms with Crippen LogP contribution in [-0.4, -0.2) is 151 Å². The zero-order chi connectivity index (χ0) is 41.2. The summed E-state index contributed by atoms with van der Waals surface area (Å²) in [4.78, 5) is 0. The molecule has 4 aliphatic carbocycles. The number of aliphatic hydroxyl groups excluding tert-OH is 10. The Hall–Kier alpha value is -0.820. The molecule has 2 saturated heterocycles. The van der Waals surface area contributed by atoms with Crippen LogP contribution in [-0.2, 0) is 18.9 Å². The first-order valence-corrected chi connectivity index (χ1v) is 21.1. The minimum atomic E-state index is -1.75. The van der Waals surface area contributed by atoms with E-state index in [0.29, 0.717) is 25.2 Å². The van der Waals surface area contributed by atoms with Gasteiger partial charge in [-0.15, -0.1) is 0 Å². The number of hydrogen-bond donors (Lipinski definition) is 10. The molecule has 0 spiro atoms. The largest absolute Gasteiger partial charge is 0.396 e. The highest BCUT2D eigenvalue weighted by Gasteiger charge is 2.70. The molecule has 14 nitrogen and oxygen atoms in total. The van der Waals surface area contributed by atoms with Gasteiger partial charge in [0.25, 0.3) is 0 Å². The number of ether oxygens (including phenoxy) is 4. The van der Waals surface area contributed by atoms with Crippen molar-refractivity contribution in [3.05, 3.63) is 11.6 Å². The maximum absolute atomic E-state index is 12.2. The summed E-state index contributed by atoms with van der Waals surface area (Å²) in [6, 6.07) is 0. The number of allylic oxidation sites excluding steroid dienone is 1. The SMILES string of the molecule is C/C(=C/CC[C@]1(CO)CC[C@]2(C)[C@H](CC[C@@H]3[C@@]4(C)CC[C@H](O[C@@H]5O[C@H](CO)[C@@H](O)[C@H](O)[C@H]5O[C@@H]5O[C@H](CO)[C@H](O)[C@H](O)[C@H]5O)C(C)(C)[C@@H]4CC[C@]32C)[C@H]1O)CO. The Kier molecular flexibility index (Phi) is 13.2. The third-order valence-electron chi connectivity index (χ3n) is 17.0. The predicted molar refractivity (Wildman–Crippen MR) is 202 cm³/mol. The van der Waals surface area contributed by atoms with Gasteiger partial charge in [-0.1, -0.05) is 46.3 Å². The van der Waals surface area contributed by atoms with E-state index in [-0.39, 0.29) is 41.3 Å². The van der Waals surface area contributed by atoms with Gasteiger partial charge in [-0.3, -0.25) is 0 Å². The zero-order valence-corrected chi connectivity index (χ0v) is 34.2. The maximum Gasteiger partial charge on any atom is 0.187 e. The Balaban J connectivity index is 1.21. The van der Waals surface area contributed by atoms with Gasteiger partial charge in [0.1, 0.15) is 48.8 Å². The second-order valence-electron chi connectivity index (χ2n) is 19.9. The third-order valence-corrected chi connectivity index (χ3v) is 17.0. The van der Waals surface area contributed by atoms with Gasteiger partial charge in [0.15, 0.2) is 12.6 Å². The first-order chi connectivity index (χ1) is 26.3. The molecule has 0 aromatic carbocycles. The number of rotatable bonds is 11. The van der Waals surface area contributed by atoms with Crippen LogP contribution in [0.4, 0.5) is 0 Å². The van der Waals surface area contributed by atoms with Crippen LogP contribution in [0.1, 0.15) is 106 Å². The first kappa shape index (κ1) is 44.7. The maximum atomic E-state index is 12.2. The molecule has 0 aromatic heterocycles. The van der Waals surface area contributed by atoms with Crippen molar-refractivity contribution in [1.82, 2.24) is 0 Å². The van der Waals surface area contributed by atoms with Gasteiger partial charge in [0.05, 0.1) is 38.6 Å². The van der Waals surface area contributed by atoms with E-state index >= 15 is 0 Å². The van der Waals surface area contributed by atoms with E-state index in [1.807, 2.05) is 13.0 Å². The number of hydrogen-bond acceptors (Lipinski definition) is 14. The monoisotopic (exact) mass is 800 g/mol. The van der Waals surface area contributed by atoms with E-state index in [4.69, 9.17) is 18.9 Å². The molecule has 6 aliphatic rings. The molecule has 0 radical (unpaired) electrons. The average molecular weight is 801 g/mol. The fourth-order valence-electron chi connectivity index (χ4n) is 13.3. The van der Waals surface area contributed by atoms with Gasteiger partial charge < -0.3 is 70.0 Å². The molecule has 6 fully saturated rings. The van der Waals surface area contributed by atoms with E-state index in [9.17, 15) is 51.1 Å². The summed E-state index contributed by atoms with van der Waals surface area (Å²) in [5.74, 6) is 0.671. The Morgan fingerprint density at radius 2 is 1.30 bits per heavy atom. The molecule has 2 heterocycles. The smallest absolute Gasteiger partial charge is 0.187 e. The molecule has 14 heteroatoms. The summed E-state index contributed by atoms with van der Waals surface area (Å²) in [7, 11) is 0. The zero-order valence-electron chi connectivity index (χ0n) is 34.2. The second-order valence-corrected chi connectivity index (χ2v) is 19.9. The number of fused-ring (bicyclic) bond motifs is 5. The lowest BCUT2D eigenvalue weighted by Gasteiger charge is -2.72. The van der Waals surface area contributed by atoms with Gasteiger partial charge >= 0.3 is 0 Å². The summed E-state index contributed by atoms with van der Waals surface area (Å²) < 4.78 is 24.4. The quantitative estimate of drug-likeness (QED) is 0.104. The minimum Gasteiger partial charge on any atom is -0.396 e. The van der Waals surface area contributed by atoms with Gasteiger partial charge in [0.2, 0.25) is 0 Å². The highest BCUT2D eigenvalue weighted by atomic mass is 16.8. The van der Waals surface area contributed by atoms with Gasteiger partial charge in [-0.05, 0) is 111 Å². The topological polar surface area (TPSA) is 239 Å². The van der Waals surface area contributed by atoms with Crippen molar-refractivity contribution in [3.63, 3.8) is 0 Å². The second kappa shape index (κ2) is 16.6. The lowest BCUT2D eigenvalue weighted by molar-refractivity contribution is -0.378. The Morgan fingerprint density at radius 3 is 1.93 bits per heavy atom. The minimum absolute atomic E-state index is 0.00480. The van der Waals surface area contributed by atoms with Gasteiger partial charge in [-0.25, -0.2) is 0 Å². The van der Waals surface area contributed by atoms with E-state index in [1.54, 1.807) is 0 Å². The molecule has 6 rings (SSSR count). The number of aliphatic hydroxyl groups is 10. The molecule has 19 atom stereocenters. The fourth-order valence-corrected chi connectivity index (χ4v) is 13.3. The predicted octanol–water partition coefficient (Wildman–Crippen LogP) is 1.12. The molecule has 4 saturated carbocycles. The molecule has 0 bridgehead atoms. The highest BCUT2D eigenvalue weighted by molar-refractivity contribution is 5.18. The first-order valence-electron chi connectivity index (χ1n) is 21.1. The van der Waals surface area contributed by atoms with Crippen LogP contribution in [0.2, 0.25) is 0 Å². The van der Waals surface area contributed by atoms with Crippen molar-refractivity contribution in [1.29, 1.82) is 0 Å². The van der Waals surface area contributed by atoms with Crippen LogP contribution >= 0.6 is 0 Å². The lowest BCUT2D eigenvalue weighted by Crippen LogP contribution is -2.68. The summed E-state index contributed by atoms with van der Waals surface area (Å²) >= 11 is 0. The van der Waals surface area contributed by atoms with Crippen molar-refractivity contribution in [2.24, 2.45) is 44.8 Å². The molecule has 10 N–H and O–H groups in total. The molecule has 0 amide bonds. The van der Waals surface area contributed by atoms with Crippen LogP contribution in [0.5, 0.6) is 0 Å². The lowest BCUT2D eigenvalue weighted by atomic mass is 9.33. The molecular formula is C42H72O14. The summed E-state index contributed by atoms with van der Waals surface area (Å²) in [6.45, 7) is 12.2. The summed E-state index contributed by atoms with van der Waals surface area (Å²) in [6.07, 6.45) is -5.77. The molecule has 0 aromatic rings. The van der Waals surface area contributed by atoms with Crippen molar-refractivity contribution in [2.45, 2.75) is 179 Å². The fraction of sp³-hybridized carbons (Fsp3) is 0.952. The summed E-state index contributed by atoms with van der Waals surface area (Å²) in [5.41, 5.74) is -0.313. The van der Waals surface area contributed by atoms with Gasteiger partial charge in [0, 0.05) is 5.41 Å². The molecule has 2 aliphatic heterocycles. The van der Waals surface area contributed by atoms with Crippen molar-refractivity contribution < 1.29 is 70.0 Å². The Bertz CT molecular complexity index is 1380.